The molecule has 1 aromatic carbocycles. The molecule has 0 bridgehead atoms. The van der Waals surface area contributed by atoms with E-state index in [-0.39, 0.29) is 6.54 Å². The molecular formula is C15H24N2O. The molecule has 1 unspecified atom stereocenters. The van der Waals surface area contributed by atoms with E-state index >= 15 is 0 Å². The number of benzene rings is 1. The molecule has 0 spiro atoms. The minimum atomic E-state index is -0.890. The SMILES string of the molecule is CN(CCC(O)(CN)c1ccccc1)C1CCC1. The number of nitrogens with zero attached hydrogens (tertiary/aromatic N) is 1. The van der Waals surface area contributed by atoms with Gasteiger partial charge in [0, 0.05) is 19.1 Å². The highest BCUT2D eigenvalue weighted by molar-refractivity contribution is 5.22. The fourth-order valence-electron chi connectivity index (χ4n) is 2.48. The lowest BCUT2D eigenvalue weighted by molar-refractivity contribution is 0.0195. The largest absolute Gasteiger partial charge is 0.384 e. The van der Waals surface area contributed by atoms with Gasteiger partial charge < -0.3 is 15.7 Å². The molecule has 0 aliphatic heterocycles. The van der Waals surface area contributed by atoms with Gasteiger partial charge in [-0.25, -0.2) is 0 Å². The molecule has 1 aliphatic rings. The molecule has 1 atom stereocenters. The van der Waals surface area contributed by atoms with Crippen molar-refractivity contribution >= 4 is 0 Å². The van der Waals surface area contributed by atoms with Crippen LogP contribution in [-0.4, -0.2) is 36.2 Å². The van der Waals surface area contributed by atoms with Crippen molar-refractivity contribution in [3.05, 3.63) is 35.9 Å². The first-order chi connectivity index (χ1) is 8.65. The third-order valence-electron chi connectivity index (χ3n) is 4.22. The third kappa shape index (κ3) is 2.91. The van der Waals surface area contributed by atoms with Gasteiger partial charge in [0.2, 0.25) is 0 Å². The fraction of sp³-hybridized carbons (Fsp3) is 0.600. The zero-order valence-electron chi connectivity index (χ0n) is 11.2. The van der Waals surface area contributed by atoms with E-state index < -0.39 is 5.60 Å². The van der Waals surface area contributed by atoms with E-state index in [9.17, 15) is 5.11 Å². The Bertz CT molecular complexity index is 364. The molecule has 1 aromatic rings. The van der Waals surface area contributed by atoms with Crippen molar-refractivity contribution in [2.75, 3.05) is 20.1 Å². The van der Waals surface area contributed by atoms with Crippen LogP contribution < -0.4 is 5.73 Å². The molecule has 2 rings (SSSR count). The van der Waals surface area contributed by atoms with Crippen molar-refractivity contribution < 1.29 is 5.11 Å². The van der Waals surface area contributed by atoms with Crippen LogP contribution in [0.4, 0.5) is 0 Å². The molecule has 1 aliphatic carbocycles. The van der Waals surface area contributed by atoms with Gasteiger partial charge in [-0.15, -0.1) is 0 Å². The zero-order chi connectivity index (χ0) is 13.0. The summed E-state index contributed by atoms with van der Waals surface area (Å²) in [4.78, 5) is 2.35. The van der Waals surface area contributed by atoms with E-state index in [1.807, 2.05) is 30.3 Å². The average molecular weight is 248 g/mol. The summed E-state index contributed by atoms with van der Waals surface area (Å²) in [5.74, 6) is 0. The summed E-state index contributed by atoms with van der Waals surface area (Å²) in [5.41, 5.74) is 5.82. The maximum Gasteiger partial charge on any atom is 0.103 e. The maximum atomic E-state index is 10.7. The Balaban J connectivity index is 1.95. The van der Waals surface area contributed by atoms with Crippen molar-refractivity contribution in [3.8, 4) is 0 Å². The molecule has 0 aromatic heterocycles. The Morgan fingerprint density at radius 1 is 1.33 bits per heavy atom. The highest BCUT2D eigenvalue weighted by atomic mass is 16.3. The summed E-state index contributed by atoms with van der Waals surface area (Å²) in [6, 6.07) is 10.5. The molecule has 0 amide bonds. The monoisotopic (exact) mass is 248 g/mol. The topological polar surface area (TPSA) is 49.5 Å². The Kier molecular flexibility index (Phi) is 4.38. The predicted molar refractivity (Wildman–Crippen MR) is 74.3 cm³/mol. The van der Waals surface area contributed by atoms with E-state index in [0.717, 1.165) is 12.1 Å². The normalized spacial score (nSPS) is 19.6. The molecular weight excluding hydrogens is 224 g/mol. The first-order valence-corrected chi connectivity index (χ1v) is 6.84. The predicted octanol–water partition coefficient (Wildman–Crippen LogP) is 1.71. The van der Waals surface area contributed by atoms with Crippen LogP contribution in [0.2, 0.25) is 0 Å². The van der Waals surface area contributed by atoms with Gasteiger partial charge in [0.15, 0.2) is 0 Å². The van der Waals surface area contributed by atoms with Crippen LogP contribution in [0.15, 0.2) is 30.3 Å². The quantitative estimate of drug-likeness (QED) is 0.805. The third-order valence-corrected chi connectivity index (χ3v) is 4.22. The minimum absolute atomic E-state index is 0.273. The second-order valence-corrected chi connectivity index (χ2v) is 5.42. The van der Waals surface area contributed by atoms with Crippen LogP contribution in [-0.2, 0) is 5.60 Å². The van der Waals surface area contributed by atoms with Crippen LogP contribution in [0.3, 0.4) is 0 Å². The van der Waals surface area contributed by atoms with Crippen LogP contribution in [0.1, 0.15) is 31.2 Å². The summed E-state index contributed by atoms with van der Waals surface area (Å²) in [6.45, 7) is 1.17. The minimum Gasteiger partial charge on any atom is -0.384 e. The molecule has 3 heteroatoms. The van der Waals surface area contributed by atoms with Crippen LogP contribution in [0.5, 0.6) is 0 Å². The Hall–Kier alpha value is -0.900. The van der Waals surface area contributed by atoms with E-state index in [4.69, 9.17) is 5.73 Å². The Morgan fingerprint density at radius 2 is 2.00 bits per heavy atom. The maximum absolute atomic E-state index is 10.7. The zero-order valence-corrected chi connectivity index (χ0v) is 11.2. The first-order valence-electron chi connectivity index (χ1n) is 6.84. The van der Waals surface area contributed by atoms with Gasteiger partial charge in [-0.2, -0.15) is 0 Å². The molecule has 0 saturated heterocycles. The van der Waals surface area contributed by atoms with Gasteiger partial charge in [-0.05, 0) is 31.9 Å². The lowest BCUT2D eigenvalue weighted by Crippen LogP contribution is -2.42. The lowest BCUT2D eigenvalue weighted by atomic mass is 9.88. The van der Waals surface area contributed by atoms with Crippen molar-refractivity contribution in [1.29, 1.82) is 0 Å². The highest BCUT2D eigenvalue weighted by Gasteiger charge is 2.29. The van der Waals surface area contributed by atoms with Gasteiger partial charge in [0.1, 0.15) is 5.60 Å². The van der Waals surface area contributed by atoms with E-state index in [1.165, 1.54) is 19.3 Å². The summed E-state index contributed by atoms with van der Waals surface area (Å²) in [7, 11) is 2.14. The van der Waals surface area contributed by atoms with Gasteiger partial charge in [-0.3, -0.25) is 0 Å². The van der Waals surface area contributed by atoms with Crippen LogP contribution >= 0.6 is 0 Å². The van der Waals surface area contributed by atoms with Gasteiger partial charge in [-0.1, -0.05) is 36.8 Å². The molecule has 3 N–H and O–H groups in total. The van der Waals surface area contributed by atoms with Crippen molar-refractivity contribution in [2.24, 2.45) is 5.73 Å². The van der Waals surface area contributed by atoms with E-state index in [1.54, 1.807) is 0 Å². The molecule has 0 radical (unpaired) electrons. The molecule has 1 saturated carbocycles. The Labute approximate surface area is 110 Å². The summed E-state index contributed by atoms with van der Waals surface area (Å²) >= 11 is 0. The summed E-state index contributed by atoms with van der Waals surface area (Å²) < 4.78 is 0. The fourth-order valence-corrected chi connectivity index (χ4v) is 2.48. The van der Waals surface area contributed by atoms with Crippen LogP contribution in [0.25, 0.3) is 0 Å². The molecule has 3 nitrogen and oxygen atoms in total. The van der Waals surface area contributed by atoms with Gasteiger partial charge in [0.25, 0.3) is 0 Å². The number of nitrogens with two attached hydrogens (primary N) is 1. The van der Waals surface area contributed by atoms with E-state index in [0.29, 0.717) is 12.5 Å². The first kappa shape index (κ1) is 13.5. The average Bonchev–Trinajstić information content (AvgIpc) is 2.35. The summed E-state index contributed by atoms with van der Waals surface area (Å²) in [5, 5.41) is 10.7. The highest BCUT2D eigenvalue weighted by Crippen LogP contribution is 2.27. The van der Waals surface area contributed by atoms with Crippen LogP contribution in [0, 0.1) is 0 Å². The van der Waals surface area contributed by atoms with Crippen molar-refractivity contribution in [3.63, 3.8) is 0 Å². The second-order valence-electron chi connectivity index (χ2n) is 5.42. The van der Waals surface area contributed by atoms with Gasteiger partial charge in [0.05, 0.1) is 0 Å². The smallest absolute Gasteiger partial charge is 0.103 e. The van der Waals surface area contributed by atoms with E-state index in [2.05, 4.69) is 11.9 Å². The number of aliphatic hydroxyl groups is 1. The second kappa shape index (κ2) is 5.83. The number of hydrogen-bond donors (Lipinski definition) is 2. The number of rotatable bonds is 6. The molecule has 1 fully saturated rings. The van der Waals surface area contributed by atoms with Crippen molar-refractivity contribution in [1.82, 2.24) is 4.90 Å². The Morgan fingerprint density at radius 3 is 2.50 bits per heavy atom. The molecule has 0 heterocycles. The lowest BCUT2D eigenvalue weighted by Gasteiger charge is -2.37. The standard InChI is InChI=1S/C15H24N2O/c1-17(14-8-5-9-14)11-10-15(18,12-16)13-6-3-2-4-7-13/h2-4,6-7,14,18H,5,8-12,16H2,1H3. The summed E-state index contributed by atoms with van der Waals surface area (Å²) in [6.07, 6.45) is 4.63. The number of hydrogen-bond acceptors (Lipinski definition) is 3. The molecule has 100 valence electrons. The van der Waals surface area contributed by atoms with Crippen molar-refractivity contribution in [2.45, 2.75) is 37.3 Å². The molecule has 18 heavy (non-hydrogen) atoms. The van der Waals surface area contributed by atoms with Gasteiger partial charge >= 0.3 is 0 Å².